The Bertz CT molecular complexity index is 947. The van der Waals surface area contributed by atoms with E-state index < -0.39 is 15.9 Å². The number of nitrogens with zero attached hydrogens (tertiary/aromatic N) is 1. The third-order valence-corrected chi connectivity index (χ3v) is 6.09. The lowest BCUT2D eigenvalue weighted by Crippen LogP contribution is -2.37. The van der Waals surface area contributed by atoms with Crippen LogP contribution in [0.1, 0.15) is 15.9 Å². The van der Waals surface area contributed by atoms with Gasteiger partial charge in [0.1, 0.15) is 0 Å². The average molecular weight is 424 g/mol. The maximum absolute atomic E-state index is 12.3. The van der Waals surface area contributed by atoms with Gasteiger partial charge in [-0.05, 0) is 30.2 Å². The highest BCUT2D eigenvalue weighted by Crippen LogP contribution is 2.22. The highest BCUT2D eigenvalue weighted by molar-refractivity contribution is 7.89. The Kier molecular flexibility index (Phi) is 7.56. The van der Waals surface area contributed by atoms with E-state index in [1.54, 1.807) is 0 Å². The molecule has 0 atom stereocenters. The van der Waals surface area contributed by atoms with Crippen LogP contribution < -0.4 is 10.6 Å². The van der Waals surface area contributed by atoms with Crippen molar-refractivity contribution in [2.75, 3.05) is 27.2 Å². The molecule has 0 unspecified atom stereocenters. The van der Waals surface area contributed by atoms with Gasteiger partial charge in [-0.1, -0.05) is 41.9 Å². The second-order valence-corrected chi connectivity index (χ2v) is 8.76. The molecule has 0 bridgehead atoms. The lowest BCUT2D eigenvalue weighted by molar-refractivity contribution is -0.120. The van der Waals surface area contributed by atoms with Gasteiger partial charge in [0.05, 0.1) is 22.0 Å². The van der Waals surface area contributed by atoms with E-state index in [1.165, 1.54) is 32.3 Å². The number of rotatable bonds is 8. The van der Waals surface area contributed by atoms with E-state index in [4.69, 9.17) is 11.6 Å². The first-order valence-electron chi connectivity index (χ1n) is 8.52. The molecule has 0 aliphatic rings. The smallest absolute Gasteiger partial charge is 0.253 e. The van der Waals surface area contributed by atoms with Gasteiger partial charge in [-0.25, -0.2) is 12.7 Å². The molecule has 2 amide bonds. The van der Waals surface area contributed by atoms with Gasteiger partial charge in [0.25, 0.3) is 5.91 Å². The topological polar surface area (TPSA) is 95.6 Å². The van der Waals surface area contributed by atoms with Gasteiger partial charge in [-0.15, -0.1) is 0 Å². The molecule has 2 rings (SSSR count). The number of carbonyl (C=O) groups excluding carboxylic acids is 2. The summed E-state index contributed by atoms with van der Waals surface area (Å²) in [5, 5.41) is 5.26. The van der Waals surface area contributed by atoms with Crippen molar-refractivity contribution >= 4 is 33.4 Å². The molecule has 0 saturated heterocycles. The second kappa shape index (κ2) is 9.68. The summed E-state index contributed by atoms with van der Waals surface area (Å²) >= 11 is 6.02. The molecule has 9 heteroatoms. The molecule has 0 spiro atoms. The van der Waals surface area contributed by atoms with E-state index in [0.29, 0.717) is 13.0 Å². The van der Waals surface area contributed by atoms with Gasteiger partial charge in [-0.2, -0.15) is 0 Å². The molecule has 150 valence electrons. The molecule has 0 aliphatic heterocycles. The van der Waals surface area contributed by atoms with Gasteiger partial charge in [0, 0.05) is 20.6 Å². The van der Waals surface area contributed by atoms with E-state index in [-0.39, 0.29) is 27.9 Å². The van der Waals surface area contributed by atoms with Crippen molar-refractivity contribution in [1.82, 2.24) is 14.9 Å². The highest BCUT2D eigenvalue weighted by Gasteiger charge is 2.21. The third kappa shape index (κ3) is 5.79. The van der Waals surface area contributed by atoms with Crippen LogP contribution in [0, 0.1) is 0 Å². The van der Waals surface area contributed by atoms with E-state index >= 15 is 0 Å². The Labute approximate surface area is 169 Å². The Morgan fingerprint density at radius 1 is 1.04 bits per heavy atom. The summed E-state index contributed by atoms with van der Waals surface area (Å²) in [6.45, 7) is 0.199. The zero-order chi connectivity index (χ0) is 20.7. The maximum atomic E-state index is 12.3. The lowest BCUT2D eigenvalue weighted by atomic mass is 10.1. The lowest BCUT2D eigenvalue weighted by Gasteiger charge is -2.13. The first-order chi connectivity index (χ1) is 13.2. The van der Waals surface area contributed by atoms with Crippen LogP contribution in [-0.2, 0) is 21.2 Å². The fraction of sp³-hybridized carbons (Fsp3) is 0.263. The number of sulfonamides is 1. The van der Waals surface area contributed by atoms with Gasteiger partial charge in [0.15, 0.2) is 0 Å². The van der Waals surface area contributed by atoms with Crippen molar-refractivity contribution in [2.24, 2.45) is 0 Å². The van der Waals surface area contributed by atoms with Crippen molar-refractivity contribution in [2.45, 2.75) is 11.3 Å². The SMILES string of the molecule is CN(C)S(=O)(=O)c1ccc(Cl)c(C(=O)NCC(=O)NCCc2ccccc2)c1. The molecule has 2 aromatic carbocycles. The van der Waals surface area contributed by atoms with Gasteiger partial charge in [-0.3, -0.25) is 9.59 Å². The number of halogens is 1. The summed E-state index contributed by atoms with van der Waals surface area (Å²) in [5.74, 6) is -0.975. The fourth-order valence-corrected chi connectivity index (χ4v) is 3.49. The first kappa shape index (κ1) is 21.9. The van der Waals surface area contributed by atoms with Crippen molar-refractivity contribution < 1.29 is 18.0 Å². The first-order valence-corrected chi connectivity index (χ1v) is 10.3. The van der Waals surface area contributed by atoms with Crippen molar-refractivity contribution in [3.8, 4) is 0 Å². The summed E-state index contributed by atoms with van der Waals surface area (Å²) < 4.78 is 25.5. The molecule has 0 aromatic heterocycles. The van der Waals surface area contributed by atoms with Crippen LogP contribution in [0.4, 0.5) is 0 Å². The highest BCUT2D eigenvalue weighted by atomic mass is 35.5. The summed E-state index contributed by atoms with van der Waals surface area (Å²) in [4.78, 5) is 24.2. The second-order valence-electron chi connectivity index (χ2n) is 6.20. The zero-order valence-electron chi connectivity index (χ0n) is 15.6. The Balaban J connectivity index is 1.92. The van der Waals surface area contributed by atoms with Gasteiger partial charge >= 0.3 is 0 Å². The molecular formula is C19H22ClN3O4S. The number of hydrogen-bond acceptors (Lipinski definition) is 4. The molecule has 0 heterocycles. The Morgan fingerprint density at radius 2 is 1.71 bits per heavy atom. The largest absolute Gasteiger partial charge is 0.354 e. The normalized spacial score (nSPS) is 11.3. The summed E-state index contributed by atoms with van der Waals surface area (Å²) in [5.41, 5.74) is 1.08. The number of nitrogens with one attached hydrogen (secondary N) is 2. The van der Waals surface area contributed by atoms with Crippen molar-refractivity contribution in [3.63, 3.8) is 0 Å². The van der Waals surface area contributed by atoms with Crippen LogP contribution in [0.25, 0.3) is 0 Å². The minimum Gasteiger partial charge on any atom is -0.354 e. The predicted octanol–water partition coefficient (Wildman–Crippen LogP) is 1.68. The molecule has 28 heavy (non-hydrogen) atoms. The average Bonchev–Trinajstić information content (AvgIpc) is 2.67. The molecule has 2 N–H and O–H groups in total. The monoisotopic (exact) mass is 423 g/mol. The molecule has 0 saturated carbocycles. The van der Waals surface area contributed by atoms with E-state index in [2.05, 4.69) is 10.6 Å². The van der Waals surface area contributed by atoms with Crippen LogP contribution in [0.5, 0.6) is 0 Å². The Morgan fingerprint density at radius 3 is 2.36 bits per heavy atom. The van der Waals surface area contributed by atoms with Crippen molar-refractivity contribution in [3.05, 3.63) is 64.7 Å². The molecule has 7 nitrogen and oxygen atoms in total. The summed E-state index contributed by atoms with van der Waals surface area (Å²) in [6, 6.07) is 13.5. The van der Waals surface area contributed by atoms with Crippen LogP contribution in [0.2, 0.25) is 5.02 Å². The maximum Gasteiger partial charge on any atom is 0.253 e. The minimum absolute atomic E-state index is 0.0123. The standard InChI is InChI=1S/C19H22ClN3O4S/c1-23(2)28(26,27)15-8-9-17(20)16(12-15)19(25)22-13-18(24)21-11-10-14-6-4-3-5-7-14/h3-9,12H,10-11,13H2,1-2H3,(H,21,24)(H,22,25). The summed E-state index contributed by atoms with van der Waals surface area (Å²) in [6.07, 6.45) is 0.677. The minimum atomic E-state index is -3.70. The zero-order valence-corrected chi connectivity index (χ0v) is 17.2. The molecule has 0 aliphatic carbocycles. The number of amides is 2. The molecular weight excluding hydrogens is 402 g/mol. The van der Waals surface area contributed by atoms with Crippen LogP contribution in [0.3, 0.4) is 0 Å². The van der Waals surface area contributed by atoms with Crippen molar-refractivity contribution in [1.29, 1.82) is 0 Å². The van der Waals surface area contributed by atoms with E-state index in [0.717, 1.165) is 9.87 Å². The molecule has 0 fully saturated rings. The number of carbonyl (C=O) groups is 2. The van der Waals surface area contributed by atoms with Crippen LogP contribution in [-0.4, -0.2) is 51.7 Å². The fourth-order valence-electron chi connectivity index (χ4n) is 2.36. The van der Waals surface area contributed by atoms with E-state index in [9.17, 15) is 18.0 Å². The predicted molar refractivity (Wildman–Crippen MR) is 108 cm³/mol. The Hall–Kier alpha value is -2.42. The quantitative estimate of drug-likeness (QED) is 0.675. The van der Waals surface area contributed by atoms with Crippen LogP contribution in [0.15, 0.2) is 53.4 Å². The van der Waals surface area contributed by atoms with E-state index in [1.807, 2.05) is 30.3 Å². The van der Waals surface area contributed by atoms with Gasteiger partial charge < -0.3 is 10.6 Å². The van der Waals surface area contributed by atoms with Crippen LogP contribution >= 0.6 is 11.6 Å². The number of hydrogen-bond donors (Lipinski definition) is 2. The molecule has 2 aromatic rings. The molecule has 0 radical (unpaired) electrons. The number of benzene rings is 2. The third-order valence-electron chi connectivity index (χ3n) is 3.95. The summed E-state index contributed by atoms with van der Waals surface area (Å²) in [7, 11) is -0.919. The van der Waals surface area contributed by atoms with Gasteiger partial charge in [0.2, 0.25) is 15.9 Å².